The van der Waals surface area contributed by atoms with E-state index in [2.05, 4.69) is 36.4 Å². The van der Waals surface area contributed by atoms with Crippen LogP contribution in [0.15, 0.2) is 50.0 Å². The topological polar surface area (TPSA) is 94.1 Å². The third-order valence-electron chi connectivity index (χ3n) is 3.74. The van der Waals surface area contributed by atoms with E-state index in [0.29, 0.717) is 32.1 Å². The van der Waals surface area contributed by atoms with E-state index in [-0.39, 0.29) is 11.7 Å². The Labute approximate surface area is 166 Å². The lowest BCUT2D eigenvalue weighted by atomic mass is 10.1. The number of nitrogens with one attached hydrogen (secondary N) is 1. The number of anilines is 1. The van der Waals surface area contributed by atoms with Gasteiger partial charge < -0.3 is 8.94 Å². The zero-order chi connectivity index (χ0) is 19.0. The van der Waals surface area contributed by atoms with E-state index in [4.69, 9.17) is 8.94 Å². The third kappa shape index (κ3) is 3.69. The largest absolute Gasteiger partial charge is 0.444 e. The van der Waals surface area contributed by atoms with Gasteiger partial charge in [0, 0.05) is 5.56 Å². The average molecular weight is 445 g/mol. The second-order valence-corrected chi connectivity index (χ2v) is 7.56. The molecule has 0 radical (unpaired) electrons. The van der Waals surface area contributed by atoms with Crippen LogP contribution in [0.2, 0.25) is 0 Å². The van der Waals surface area contributed by atoms with Crippen LogP contribution in [0.3, 0.4) is 0 Å². The molecule has 1 aromatic carbocycles. The van der Waals surface area contributed by atoms with Crippen LogP contribution >= 0.6 is 27.3 Å². The second-order valence-electron chi connectivity index (χ2n) is 5.78. The summed E-state index contributed by atoms with van der Waals surface area (Å²) in [6.45, 7) is 3.84. The molecular formula is C18H13BrN4O3S. The second kappa shape index (κ2) is 7.09. The van der Waals surface area contributed by atoms with E-state index in [1.54, 1.807) is 12.1 Å². The first-order chi connectivity index (χ1) is 13.0. The molecule has 4 rings (SSSR count). The predicted molar refractivity (Wildman–Crippen MR) is 105 cm³/mol. The van der Waals surface area contributed by atoms with Crippen molar-refractivity contribution in [2.45, 2.75) is 13.8 Å². The van der Waals surface area contributed by atoms with Gasteiger partial charge in [-0.05, 0) is 41.9 Å². The number of hydrogen-bond donors (Lipinski definition) is 1. The molecule has 0 spiro atoms. The Hall–Kier alpha value is -2.78. The van der Waals surface area contributed by atoms with Crippen molar-refractivity contribution in [3.63, 3.8) is 0 Å². The number of nitrogens with zero attached hydrogens (tertiary/aromatic N) is 3. The number of amides is 1. The summed E-state index contributed by atoms with van der Waals surface area (Å²) in [6, 6.07) is 11.1. The molecule has 0 saturated carbocycles. The molecule has 9 heteroatoms. The number of benzene rings is 1. The highest BCUT2D eigenvalue weighted by atomic mass is 79.9. The molecule has 0 bridgehead atoms. The summed E-state index contributed by atoms with van der Waals surface area (Å²) < 4.78 is 11.1. The van der Waals surface area contributed by atoms with Gasteiger partial charge in [-0.25, -0.2) is 4.98 Å². The van der Waals surface area contributed by atoms with E-state index in [0.717, 1.165) is 11.1 Å². The Kier molecular flexibility index (Phi) is 4.63. The minimum atomic E-state index is -0.383. The van der Waals surface area contributed by atoms with Gasteiger partial charge in [-0.1, -0.05) is 46.3 Å². The van der Waals surface area contributed by atoms with Crippen molar-refractivity contribution in [3.8, 4) is 22.2 Å². The van der Waals surface area contributed by atoms with Crippen LogP contribution in [0, 0.1) is 13.8 Å². The van der Waals surface area contributed by atoms with Gasteiger partial charge in [0.05, 0.1) is 5.69 Å². The lowest BCUT2D eigenvalue weighted by Gasteiger charge is -1.96. The molecule has 4 aromatic rings. The first-order valence-electron chi connectivity index (χ1n) is 7.95. The minimum Gasteiger partial charge on any atom is -0.444 e. The minimum absolute atomic E-state index is 0.190. The summed E-state index contributed by atoms with van der Waals surface area (Å²) in [5.41, 5.74) is 2.72. The van der Waals surface area contributed by atoms with E-state index in [1.165, 1.54) is 11.3 Å². The molecule has 7 nitrogen and oxygen atoms in total. The monoisotopic (exact) mass is 444 g/mol. The quantitative estimate of drug-likeness (QED) is 0.471. The standard InChI is InChI=1S/C18H13BrN4O3S/c1-9-3-5-11(6-4-9)15-21-17(26-23-15)14-10(2)20-18(27-14)22-16(24)12-7-8-13(19)25-12/h3-8H,1-2H3,(H,20,22,24). The lowest BCUT2D eigenvalue weighted by Crippen LogP contribution is -2.10. The van der Waals surface area contributed by atoms with Crippen LogP contribution in [0.1, 0.15) is 21.8 Å². The number of thiazole rings is 1. The first-order valence-corrected chi connectivity index (χ1v) is 9.56. The molecule has 0 unspecified atom stereocenters. The Morgan fingerprint density at radius 2 is 1.89 bits per heavy atom. The molecule has 0 saturated heterocycles. The number of aryl methyl sites for hydroxylation is 2. The number of aromatic nitrogens is 3. The van der Waals surface area contributed by atoms with Gasteiger partial charge >= 0.3 is 0 Å². The molecule has 1 N–H and O–H groups in total. The molecule has 0 aliphatic rings. The summed E-state index contributed by atoms with van der Waals surface area (Å²) in [5, 5.41) is 7.18. The fourth-order valence-electron chi connectivity index (χ4n) is 2.38. The number of rotatable bonds is 4. The van der Waals surface area contributed by atoms with E-state index in [9.17, 15) is 4.79 Å². The summed E-state index contributed by atoms with van der Waals surface area (Å²) in [6.07, 6.45) is 0. The summed E-state index contributed by atoms with van der Waals surface area (Å²) in [4.78, 5) is 21.7. The van der Waals surface area contributed by atoms with Crippen LogP contribution in [0.4, 0.5) is 5.13 Å². The molecule has 1 amide bonds. The van der Waals surface area contributed by atoms with Crippen LogP contribution in [0.5, 0.6) is 0 Å². The van der Waals surface area contributed by atoms with Gasteiger partial charge in [-0.2, -0.15) is 4.98 Å². The number of carbonyl (C=O) groups excluding carboxylic acids is 1. The highest BCUT2D eigenvalue weighted by molar-refractivity contribution is 9.10. The maximum atomic E-state index is 12.2. The summed E-state index contributed by atoms with van der Waals surface area (Å²) in [7, 11) is 0. The van der Waals surface area contributed by atoms with Gasteiger partial charge in [0.15, 0.2) is 15.6 Å². The summed E-state index contributed by atoms with van der Waals surface area (Å²) in [5.74, 6) is 0.674. The van der Waals surface area contributed by atoms with Gasteiger partial charge in [0.25, 0.3) is 11.8 Å². The maximum Gasteiger partial charge on any atom is 0.293 e. The summed E-state index contributed by atoms with van der Waals surface area (Å²) >= 11 is 4.43. The Bertz CT molecular complexity index is 1110. The number of carbonyl (C=O) groups is 1. The fraction of sp³-hybridized carbons (Fsp3) is 0.111. The third-order valence-corrected chi connectivity index (χ3v) is 5.23. The Balaban J connectivity index is 1.56. The zero-order valence-corrected chi connectivity index (χ0v) is 16.7. The molecular weight excluding hydrogens is 432 g/mol. The predicted octanol–water partition coefficient (Wildman–Crippen LogP) is 5.08. The van der Waals surface area contributed by atoms with Crippen LogP contribution in [0.25, 0.3) is 22.2 Å². The van der Waals surface area contributed by atoms with Crippen molar-refractivity contribution in [1.29, 1.82) is 0 Å². The molecule has 0 atom stereocenters. The molecule has 27 heavy (non-hydrogen) atoms. The molecule has 0 aliphatic heterocycles. The normalized spacial score (nSPS) is 10.9. The van der Waals surface area contributed by atoms with E-state index >= 15 is 0 Å². The fourth-order valence-corrected chi connectivity index (χ4v) is 3.57. The van der Waals surface area contributed by atoms with Crippen LogP contribution in [-0.2, 0) is 0 Å². The van der Waals surface area contributed by atoms with Gasteiger partial charge in [0.2, 0.25) is 5.82 Å². The maximum absolute atomic E-state index is 12.2. The van der Waals surface area contributed by atoms with Crippen molar-refractivity contribution in [2.75, 3.05) is 5.32 Å². The Morgan fingerprint density at radius 3 is 2.59 bits per heavy atom. The van der Waals surface area contributed by atoms with Crippen molar-refractivity contribution in [1.82, 2.24) is 15.1 Å². The van der Waals surface area contributed by atoms with Crippen molar-refractivity contribution >= 4 is 38.3 Å². The van der Waals surface area contributed by atoms with Crippen molar-refractivity contribution in [3.05, 3.63) is 58.1 Å². The number of hydrogen-bond acceptors (Lipinski definition) is 7. The molecule has 3 heterocycles. The molecule has 0 aliphatic carbocycles. The number of furan rings is 1. The number of halogens is 1. The Morgan fingerprint density at radius 1 is 1.11 bits per heavy atom. The average Bonchev–Trinajstić information content (AvgIpc) is 3.35. The SMILES string of the molecule is Cc1ccc(-c2noc(-c3sc(NC(=O)c4ccc(Br)o4)nc3C)n2)cc1. The van der Waals surface area contributed by atoms with E-state index < -0.39 is 0 Å². The lowest BCUT2D eigenvalue weighted by molar-refractivity contribution is 0.0995. The van der Waals surface area contributed by atoms with Crippen LogP contribution in [-0.4, -0.2) is 21.0 Å². The van der Waals surface area contributed by atoms with Crippen molar-refractivity contribution in [2.24, 2.45) is 0 Å². The molecule has 136 valence electrons. The van der Waals surface area contributed by atoms with Gasteiger partial charge in [-0.3, -0.25) is 10.1 Å². The highest BCUT2D eigenvalue weighted by Gasteiger charge is 2.19. The van der Waals surface area contributed by atoms with E-state index in [1.807, 2.05) is 38.1 Å². The molecule has 0 fully saturated rings. The first kappa shape index (κ1) is 17.6. The van der Waals surface area contributed by atoms with Gasteiger partial charge in [-0.15, -0.1) is 0 Å². The van der Waals surface area contributed by atoms with Gasteiger partial charge in [0.1, 0.15) is 4.88 Å². The smallest absolute Gasteiger partial charge is 0.293 e. The van der Waals surface area contributed by atoms with Crippen molar-refractivity contribution < 1.29 is 13.7 Å². The van der Waals surface area contributed by atoms with Crippen LogP contribution < -0.4 is 5.32 Å². The molecule has 3 aromatic heterocycles. The highest BCUT2D eigenvalue weighted by Crippen LogP contribution is 2.33. The zero-order valence-electron chi connectivity index (χ0n) is 14.3.